The second-order valence-electron chi connectivity index (χ2n) is 2.61. The first-order chi connectivity index (χ1) is 5.74. The number of aryl methyl sites for hydroxylation is 1. The van der Waals surface area contributed by atoms with Crippen LogP contribution >= 0.6 is 15.9 Å². The van der Waals surface area contributed by atoms with E-state index in [4.69, 9.17) is 5.11 Å². The lowest BCUT2D eigenvalue weighted by molar-refractivity contribution is 0.454. The van der Waals surface area contributed by atoms with E-state index in [0.717, 1.165) is 23.7 Å². The van der Waals surface area contributed by atoms with E-state index in [1.807, 2.05) is 0 Å². The summed E-state index contributed by atoms with van der Waals surface area (Å²) in [6.45, 7) is 0. The van der Waals surface area contributed by atoms with E-state index in [1.165, 1.54) is 12.1 Å². The molecule has 0 amide bonds. The molecule has 0 aromatic heterocycles. The molecule has 0 saturated carbocycles. The van der Waals surface area contributed by atoms with Crippen LogP contribution in [0.15, 0.2) is 18.2 Å². The lowest BCUT2D eigenvalue weighted by atomic mass is 10.1. The Bertz CT molecular complexity index is 261. The SMILES string of the molecule is Oc1ccc(O)c(CCCBr)c1. The van der Waals surface area contributed by atoms with Crippen molar-refractivity contribution in [3.05, 3.63) is 23.8 Å². The van der Waals surface area contributed by atoms with Crippen molar-refractivity contribution in [2.24, 2.45) is 0 Å². The number of phenolic OH excluding ortho intramolecular Hbond substituents is 2. The average Bonchev–Trinajstić information content (AvgIpc) is 2.07. The predicted molar refractivity (Wildman–Crippen MR) is 51.9 cm³/mol. The van der Waals surface area contributed by atoms with E-state index in [-0.39, 0.29) is 11.5 Å². The van der Waals surface area contributed by atoms with Crippen molar-refractivity contribution < 1.29 is 10.2 Å². The van der Waals surface area contributed by atoms with Gasteiger partial charge in [0, 0.05) is 5.33 Å². The van der Waals surface area contributed by atoms with Crippen molar-refractivity contribution in [1.29, 1.82) is 0 Å². The Balaban J connectivity index is 2.75. The number of rotatable bonds is 3. The summed E-state index contributed by atoms with van der Waals surface area (Å²) < 4.78 is 0. The summed E-state index contributed by atoms with van der Waals surface area (Å²) in [5.74, 6) is 0.464. The Morgan fingerprint density at radius 2 is 2.00 bits per heavy atom. The van der Waals surface area contributed by atoms with Gasteiger partial charge in [-0.3, -0.25) is 0 Å². The van der Waals surface area contributed by atoms with Crippen LogP contribution in [0.1, 0.15) is 12.0 Å². The predicted octanol–water partition coefficient (Wildman–Crippen LogP) is 2.43. The highest BCUT2D eigenvalue weighted by atomic mass is 79.9. The van der Waals surface area contributed by atoms with Crippen molar-refractivity contribution >= 4 is 15.9 Å². The number of alkyl halides is 1. The number of hydrogen-bond acceptors (Lipinski definition) is 2. The van der Waals surface area contributed by atoms with Crippen LogP contribution in [-0.2, 0) is 6.42 Å². The molecule has 0 bridgehead atoms. The fourth-order valence-electron chi connectivity index (χ4n) is 1.03. The summed E-state index contributed by atoms with van der Waals surface area (Å²) in [5, 5.41) is 19.4. The Kier molecular flexibility index (Phi) is 3.41. The van der Waals surface area contributed by atoms with E-state index in [0.29, 0.717) is 0 Å². The van der Waals surface area contributed by atoms with Crippen LogP contribution in [0, 0.1) is 0 Å². The van der Waals surface area contributed by atoms with Crippen molar-refractivity contribution in [3.8, 4) is 11.5 Å². The molecule has 2 nitrogen and oxygen atoms in total. The highest BCUT2D eigenvalue weighted by Gasteiger charge is 2.00. The summed E-state index contributed by atoms with van der Waals surface area (Å²) >= 11 is 3.31. The molecule has 0 atom stereocenters. The summed E-state index contributed by atoms with van der Waals surface area (Å²) in [5.41, 5.74) is 0.800. The number of halogens is 1. The van der Waals surface area contributed by atoms with Crippen molar-refractivity contribution in [1.82, 2.24) is 0 Å². The van der Waals surface area contributed by atoms with Crippen molar-refractivity contribution in [2.75, 3.05) is 5.33 Å². The Morgan fingerprint density at radius 3 is 2.67 bits per heavy atom. The molecule has 0 unspecified atom stereocenters. The first-order valence-corrected chi connectivity index (χ1v) is 4.93. The van der Waals surface area contributed by atoms with Gasteiger partial charge in [-0.05, 0) is 36.6 Å². The second-order valence-corrected chi connectivity index (χ2v) is 3.40. The zero-order chi connectivity index (χ0) is 8.97. The second kappa shape index (κ2) is 4.36. The first kappa shape index (κ1) is 9.39. The fourth-order valence-corrected chi connectivity index (χ4v) is 1.31. The largest absolute Gasteiger partial charge is 0.508 e. The van der Waals surface area contributed by atoms with Crippen molar-refractivity contribution in [3.63, 3.8) is 0 Å². The van der Waals surface area contributed by atoms with Gasteiger partial charge in [-0.2, -0.15) is 0 Å². The molecule has 66 valence electrons. The molecule has 0 aliphatic rings. The monoisotopic (exact) mass is 230 g/mol. The fraction of sp³-hybridized carbons (Fsp3) is 0.333. The van der Waals surface area contributed by atoms with Crippen LogP contribution in [0.5, 0.6) is 11.5 Å². The van der Waals surface area contributed by atoms with E-state index in [9.17, 15) is 5.11 Å². The summed E-state index contributed by atoms with van der Waals surface area (Å²) in [4.78, 5) is 0. The molecule has 0 aliphatic carbocycles. The van der Waals surface area contributed by atoms with Gasteiger partial charge in [0.1, 0.15) is 11.5 Å². The van der Waals surface area contributed by atoms with E-state index >= 15 is 0 Å². The van der Waals surface area contributed by atoms with Gasteiger partial charge in [0.05, 0.1) is 0 Å². The molecular formula is C9H11BrO2. The normalized spacial score (nSPS) is 10.1. The summed E-state index contributed by atoms with van der Waals surface area (Å²) in [6, 6.07) is 4.59. The molecule has 0 aliphatic heterocycles. The minimum Gasteiger partial charge on any atom is -0.508 e. The average molecular weight is 231 g/mol. The first-order valence-electron chi connectivity index (χ1n) is 3.81. The van der Waals surface area contributed by atoms with Crippen LogP contribution in [0.2, 0.25) is 0 Å². The number of phenols is 2. The van der Waals surface area contributed by atoms with E-state index in [1.54, 1.807) is 6.07 Å². The number of hydrogen-bond donors (Lipinski definition) is 2. The molecule has 2 N–H and O–H groups in total. The van der Waals surface area contributed by atoms with Gasteiger partial charge in [-0.15, -0.1) is 0 Å². The third-order valence-corrected chi connectivity index (χ3v) is 2.20. The Morgan fingerprint density at radius 1 is 1.25 bits per heavy atom. The van der Waals surface area contributed by atoms with Crippen LogP contribution in [0.25, 0.3) is 0 Å². The van der Waals surface area contributed by atoms with E-state index < -0.39 is 0 Å². The van der Waals surface area contributed by atoms with Gasteiger partial charge in [0.25, 0.3) is 0 Å². The van der Waals surface area contributed by atoms with Gasteiger partial charge in [-0.1, -0.05) is 15.9 Å². The highest BCUT2D eigenvalue weighted by molar-refractivity contribution is 9.09. The number of benzene rings is 1. The standard InChI is InChI=1S/C9H11BrO2/c10-5-1-2-7-6-8(11)3-4-9(7)12/h3-4,6,11-12H,1-2,5H2. The van der Waals surface area contributed by atoms with Crippen LogP contribution in [0.3, 0.4) is 0 Å². The van der Waals surface area contributed by atoms with Gasteiger partial charge in [-0.25, -0.2) is 0 Å². The third kappa shape index (κ3) is 2.41. The molecule has 0 radical (unpaired) electrons. The quantitative estimate of drug-likeness (QED) is 0.619. The zero-order valence-electron chi connectivity index (χ0n) is 6.63. The van der Waals surface area contributed by atoms with Gasteiger partial charge in [0.15, 0.2) is 0 Å². The molecule has 12 heavy (non-hydrogen) atoms. The lowest BCUT2D eigenvalue weighted by Crippen LogP contribution is -1.86. The van der Waals surface area contributed by atoms with Crippen LogP contribution in [-0.4, -0.2) is 15.5 Å². The molecule has 0 saturated heterocycles. The maximum Gasteiger partial charge on any atom is 0.119 e. The molecule has 1 rings (SSSR count). The minimum absolute atomic E-state index is 0.206. The highest BCUT2D eigenvalue weighted by Crippen LogP contribution is 2.23. The topological polar surface area (TPSA) is 40.5 Å². The van der Waals surface area contributed by atoms with Gasteiger partial charge in [0.2, 0.25) is 0 Å². The zero-order valence-corrected chi connectivity index (χ0v) is 8.21. The maximum absolute atomic E-state index is 9.34. The van der Waals surface area contributed by atoms with E-state index in [2.05, 4.69) is 15.9 Å². The Hall–Kier alpha value is -0.700. The lowest BCUT2D eigenvalue weighted by Gasteiger charge is -2.03. The molecule has 0 heterocycles. The molecule has 1 aromatic rings. The molecule has 0 spiro atoms. The molecule has 3 heteroatoms. The number of aromatic hydroxyl groups is 2. The maximum atomic E-state index is 9.34. The van der Waals surface area contributed by atoms with Crippen LogP contribution < -0.4 is 0 Å². The molecular weight excluding hydrogens is 220 g/mol. The van der Waals surface area contributed by atoms with Gasteiger partial charge < -0.3 is 10.2 Å². The third-order valence-electron chi connectivity index (χ3n) is 1.64. The molecule has 0 fully saturated rings. The summed E-state index contributed by atoms with van der Waals surface area (Å²) in [7, 11) is 0. The molecule has 1 aromatic carbocycles. The minimum atomic E-state index is 0.206. The summed E-state index contributed by atoms with van der Waals surface area (Å²) in [6.07, 6.45) is 1.74. The van der Waals surface area contributed by atoms with Crippen molar-refractivity contribution in [2.45, 2.75) is 12.8 Å². The Labute approximate surface area is 80.0 Å². The smallest absolute Gasteiger partial charge is 0.119 e. The van der Waals surface area contributed by atoms with Gasteiger partial charge >= 0.3 is 0 Å². The van der Waals surface area contributed by atoms with Crippen LogP contribution in [0.4, 0.5) is 0 Å².